The number of nitrogens with two attached hydrogens (primary N) is 1. The number of phenols is 2. The second kappa shape index (κ2) is 9.73. The highest BCUT2D eigenvalue weighted by atomic mass is 32.2. The summed E-state index contributed by atoms with van der Waals surface area (Å²) in [4.78, 5) is 12.4. The van der Waals surface area contributed by atoms with Crippen LogP contribution in [0.4, 0.5) is 5.69 Å². The van der Waals surface area contributed by atoms with Gasteiger partial charge in [0, 0.05) is 17.8 Å². The molecule has 28 heavy (non-hydrogen) atoms. The van der Waals surface area contributed by atoms with Gasteiger partial charge in [-0.25, -0.2) is 0 Å². The van der Waals surface area contributed by atoms with Gasteiger partial charge in [0.05, 0.1) is 11.0 Å². The minimum absolute atomic E-state index is 0.0188. The predicted molar refractivity (Wildman–Crippen MR) is 115 cm³/mol. The van der Waals surface area contributed by atoms with Gasteiger partial charge in [0.15, 0.2) is 0 Å². The van der Waals surface area contributed by atoms with E-state index in [2.05, 4.69) is 5.32 Å². The zero-order chi connectivity index (χ0) is 19.9. The van der Waals surface area contributed by atoms with Crippen LogP contribution in [0.5, 0.6) is 11.5 Å². The summed E-state index contributed by atoms with van der Waals surface area (Å²) in [7, 11) is 0. The number of phenolic OH excluding ortho intramolecular Hbond substituents is 2. The Bertz CT molecular complexity index is 806. The number of hydrogen-bond acceptors (Lipinski definition) is 5. The molecule has 5 N–H and O–H groups in total. The maximum Gasteiger partial charge on any atom is 0.230 e. The van der Waals surface area contributed by atoms with E-state index in [0.717, 1.165) is 6.54 Å². The molecule has 2 aromatic rings. The molecule has 0 aromatic heterocycles. The standard InChI is InChI=1S/C22H28N2O3S/c23-19-11-10-16(25)12-18(19)22(17-8-4-5-9-20(17)26)28-14-21(27)24-13-15-6-2-1-3-7-15/h4-5,8-12,15,22,25-26H,1-3,6-7,13-14,23H2,(H,24,27). The summed E-state index contributed by atoms with van der Waals surface area (Å²) in [6.45, 7) is 0.731. The first-order valence-electron chi connectivity index (χ1n) is 9.79. The van der Waals surface area contributed by atoms with Gasteiger partial charge in [-0.05, 0) is 48.6 Å². The maximum atomic E-state index is 12.4. The molecule has 1 aliphatic carbocycles. The van der Waals surface area contributed by atoms with Crippen LogP contribution in [-0.2, 0) is 4.79 Å². The zero-order valence-electron chi connectivity index (χ0n) is 15.9. The lowest BCUT2D eigenvalue weighted by atomic mass is 9.89. The zero-order valence-corrected chi connectivity index (χ0v) is 16.8. The third-order valence-electron chi connectivity index (χ3n) is 5.27. The molecule has 1 unspecified atom stereocenters. The highest BCUT2D eigenvalue weighted by Gasteiger charge is 2.22. The number of benzene rings is 2. The van der Waals surface area contributed by atoms with Crippen molar-refractivity contribution in [1.82, 2.24) is 5.32 Å². The van der Waals surface area contributed by atoms with Crippen molar-refractivity contribution in [3.05, 3.63) is 53.6 Å². The van der Waals surface area contributed by atoms with Crippen molar-refractivity contribution in [3.8, 4) is 11.5 Å². The molecule has 0 saturated heterocycles. The fraction of sp³-hybridized carbons (Fsp3) is 0.409. The van der Waals surface area contributed by atoms with Crippen LogP contribution in [0.15, 0.2) is 42.5 Å². The van der Waals surface area contributed by atoms with Gasteiger partial charge in [-0.15, -0.1) is 11.8 Å². The smallest absolute Gasteiger partial charge is 0.230 e. The molecule has 0 radical (unpaired) electrons. The molecule has 0 aliphatic heterocycles. The maximum absolute atomic E-state index is 12.4. The first kappa shape index (κ1) is 20.4. The molecular formula is C22H28N2O3S. The molecule has 1 saturated carbocycles. The predicted octanol–water partition coefficient (Wildman–Crippen LogP) is 4.20. The Balaban J connectivity index is 1.70. The van der Waals surface area contributed by atoms with Crippen molar-refractivity contribution in [2.75, 3.05) is 18.0 Å². The van der Waals surface area contributed by atoms with E-state index < -0.39 is 0 Å². The number of amides is 1. The molecule has 0 bridgehead atoms. The van der Waals surface area contributed by atoms with Crippen LogP contribution < -0.4 is 11.1 Å². The summed E-state index contributed by atoms with van der Waals surface area (Å²) in [6, 6.07) is 11.8. The topological polar surface area (TPSA) is 95.6 Å². The number of para-hydroxylation sites is 1. The van der Waals surface area contributed by atoms with Crippen LogP contribution in [-0.4, -0.2) is 28.4 Å². The molecule has 1 atom stereocenters. The third-order valence-corrected chi connectivity index (χ3v) is 6.54. The summed E-state index contributed by atoms with van der Waals surface area (Å²) < 4.78 is 0. The number of carbonyl (C=O) groups excluding carboxylic acids is 1. The van der Waals surface area contributed by atoms with Gasteiger partial charge in [0.1, 0.15) is 11.5 Å². The van der Waals surface area contributed by atoms with Crippen molar-refractivity contribution < 1.29 is 15.0 Å². The number of rotatable bonds is 7. The van der Waals surface area contributed by atoms with Crippen molar-refractivity contribution in [2.24, 2.45) is 5.92 Å². The van der Waals surface area contributed by atoms with Gasteiger partial charge in [-0.3, -0.25) is 4.79 Å². The number of carbonyl (C=O) groups is 1. The SMILES string of the molecule is Nc1ccc(O)cc1C(SCC(=O)NCC1CCCCC1)c1ccccc1O. The van der Waals surface area contributed by atoms with E-state index in [1.807, 2.05) is 12.1 Å². The number of thioether (sulfide) groups is 1. The van der Waals surface area contributed by atoms with E-state index >= 15 is 0 Å². The average molecular weight is 401 g/mol. The summed E-state index contributed by atoms with van der Waals surface area (Å²) >= 11 is 1.40. The lowest BCUT2D eigenvalue weighted by molar-refractivity contribution is -0.118. The van der Waals surface area contributed by atoms with Crippen LogP contribution >= 0.6 is 11.8 Å². The second-order valence-electron chi connectivity index (χ2n) is 7.37. The molecule has 3 rings (SSSR count). The molecule has 150 valence electrons. The summed E-state index contributed by atoms with van der Waals surface area (Å²) in [5.74, 6) is 1.06. The molecule has 1 aliphatic rings. The van der Waals surface area contributed by atoms with Crippen LogP contribution in [0.25, 0.3) is 0 Å². The minimum atomic E-state index is -0.353. The van der Waals surface area contributed by atoms with Crippen LogP contribution in [0.2, 0.25) is 0 Å². The number of hydrogen-bond donors (Lipinski definition) is 4. The van der Waals surface area contributed by atoms with E-state index in [0.29, 0.717) is 22.7 Å². The third kappa shape index (κ3) is 5.35. The quantitative estimate of drug-likeness (QED) is 0.413. The first-order chi connectivity index (χ1) is 13.5. The Morgan fingerprint density at radius 3 is 2.61 bits per heavy atom. The van der Waals surface area contributed by atoms with E-state index in [9.17, 15) is 15.0 Å². The van der Waals surface area contributed by atoms with E-state index in [-0.39, 0.29) is 28.4 Å². The molecule has 2 aromatic carbocycles. The molecule has 0 heterocycles. The van der Waals surface area contributed by atoms with Gasteiger partial charge in [-0.1, -0.05) is 37.5 Å². The first-order valence-corrected chi connectivity index (χ1v) is 10.8. The average Bonchev–Trinajstić information content (AvgIpc) is 2.71. The van der Waals surface area contributed by atoms with Gasteiger partial charge < -0.3 is 21.3 Å². The lowest BCUT2D eigenvalue weighted by Crippen LogP contribution is -2.31. The van der Waals surface area contributed by atoms with Gasteiger partial charge in [-0.2, -0.15) is 0 Å². The fourth-order valence-electron chi connectivity index (χ4n) is 3.71. The number of nitrogen functional groups attached to an aromatic ring is 1. The van der Waals surface area contributed by atoms with Crippen molar-refractivity contribution in [3.63, 3.8) is 0 Å². The molecule has 5 nitrogen and oxygen atoms in total. The van der Waals surface area contributed by atoms with Gasteiger partial charge >= 0.3 is 0 Å². The van der Waals surface area contributed by atoms with E-state index in [1.54, 1.807) is 24.3 Å². The second-order valence-corrected chi connectivity index (χ2v) is 8.46. The molecule has 1 amide bonds. The van der Waals surface area contributed by atoms with Crippen molar-refractivity contribution in [1.29, 1.82) is 0 Å². The van der Waals surface area contributed by atoms with Crippen LogP contribution in [0.3, 0.4) is 0 Å². The van der Waals surface area contributed by atoms with Gasteiger partial charge in [0.25, 0.3) is 0 Å². The molecule has 6 heteroatoms. The number of anilines is 1. The van der Waals surface area contributed by atoms with Crippen molar-refractivity contribution in [2.45, 2.75) is 37.4 Å². The van der Waals surface area contributed by atoms with Gasteiger partial charge in [0.2, 0.25) is 5.91 Å². The van der Waals surface area contributed by atoms with E-state index in [4.69, 9.17) is 5.73 Å². The highest BCUT2D eigenvalue weighted by Crippen LogP contribution is 2.42. The van der Waals surface area contributed by atoms with E-state index in [1.165, 1.54) is 49.9 Å². The number of aromatic hydroxyl groups is 2. The minimum Gasteiger partial charge on any atom is -0.508 e. The molecular weight excluding hydrogens is 372 g/mol. The molecule has 1 fully saturated rings. The van der Waals surface area contributed by atoms with Crippen molar-refractivity contribution >= 4 is 23.4 Å². The lowest BCUT2D eigenvalue weighted by Gasteiger charge is -2.23. The molecule has 0 spiro atoms. The summed E-state index contributed by atoms with van der Waals surface area (Å²) in [5, 5.41) is 22.9. The van der Waals surface area contributed by atoms with Crippen LogP contribution in [0.1, 0.15) is 48.5 Å². The number of nitrogens with one attached hydrogen (secondary N) is 1. The largest absolute Gasteiger partial charge is 0.508 e. The summed E-state index contributed by atoms with van der Waals surface area (Å²) in [6.07, 6.45) is 6.18. The monoisotopic (exact) mass is 400 g/mol. The Morgan fingerprint density at radius 1 is 1.11 bits per heavy atom. The normalized spacial score (nSPS) is 15.9. The van der Waals surface area contributed by atoms with Crippen LogP contribution in [0, 0.1) is 5.92 Å². The Morgan fingerprint density at radius 2 is 1.86 bits per heavy atom. The Labute approximate surface area is 170 Å². The fourth-order valence-corrected chi connectivity index (χ4v) is 4.89. The Hall–Kier alpha value is -2.34. The highest BCUT2D eigenvalue weighted by molar-refractivity contribution is 8.00. The summed E-state index contributed by atoms with van der Waals surface area (Å²) in [5.41, 5.74) is 8.01. The Kier molecular flexibility index (Phi) is 7.09.